The molecule has 0 amide bonds. The van der Waals surface area contributed by atoms with Crippen molar-refractivity contribution in [2.24, 2.45) is 0 Å². The van der Waals surface area contributed by atoms with E-state index in [0.29, 0.717) is 3.79 Å². The van der Waals surface area contributed by atoms with Gasteiger partial charge < -0.3 is 4.74 Å². The normalized spacial score (nSPS) is 9.69. The maximum absolute atomic E-state index is 10.5. The Kier molecular flexibility index (Phi) is 2.99. The van der Waals surface area contributed by atoms with Crippen LogP contribution in [0.25, 0.3) is 0 Å². The van der Waals surface area contributed by atoms with Gasteiger partial charge in [-0.2, -0.15) is 0 Å². The van der Waals surface area contributed by atoms with Gasteiger partial charge in [0.15, 0.2) is 0 Å². The fourth-order valence-corrected chi connectivity index (χ4v) is 2.07. The van der Waals surface area contributed by atoms with E-state index in [2.05, 4.69) is 20.7 Å². The Morgan fingerprint density at radius 1 is 1.77 bits per heavy atom. The smallest absolute Gasteiger partial charge is 0.324 e. The number of ether oxygens (including phenoxy) is 1. The molecule has 70 valence electrons. The molecule has 0 aromatic carbocycles. The molecule has 0 aliphatic carbocycles. The van der Waals surface area contributed by atoms with Gasteiger partial charge in [-0.1, -0.05) is 11.3 Å². The van der Waals surface area contributed by atoms with Crippen molar-refractivity contribution >= 4 is 38.9 Å². The molecule has 1 aromatic heterocycles. The number of esters is 1. The van der Waals surface area contributed by atoms with Crippen molar-refractivity contribution in [1.82, 2.24) is 0 Å². The minimum atomic E-state index is -0.598. The van der Waals surface area contributed by atoms with Crippen LogP contribution in [0.4, 0.5) is 5.69 Å². The molecule has 0 radical (unpaired) electrons. The molecule has 0 aliphatic rings. The summed E-state index contributed by atoms with van der Waals surface area (Å²) in [6.07, 6.45) is 0. The van der Waals surface area contributed by atoms with E-state index in [9.17, 15) is 14.9 Å². The van der Waals surface area contributed by atoms with Crippen LogP contribution >= 0.6 is 27.3 Å². The highest BCUT2D eigenvalue weighted by Gasteiger charge is 2.20. The molecule has 1 heterocycles. The first-order chi connectivity index (χ1) is 6.00. The Morgan fingerprint density at radius 3 is 2.85 bits per heavy atom. The summed E-state index contributed by atoms with van der Waals surface area (Å²) in [6.45, 7) is 1.19. The van der Waals surface area contributed by atoms with Crippen molar-refractivity contribution in [3.05, 3.63) is 20.0 Å². The molecule has 0 bridgehead atoms. The van der Waals surface area contributed by atoms with Gasteiger partial charge in [0.25, 0.3) is 5.06 Å². The second kappa shape index (κ2) is 3.84. The molecule has 0 saturated carbocycles. The lowest BCUT2D eigenvalue weighted by Crippen LogP contribution is -2.01. The van der Waals surface area contributed by atoms with Gasteiger partial charge in [0, 0.05) is 13.0 Å². The molecule has 0 spiro atoms. The highest BCUT2D eigenvalue weighted by Crippen LogP contribution is 2.39. The summed E-state index contributed by atoms with van der Waals surface area (Å²) in [5.41, 5.74) is -0.202. The molecule has 0 atom stereocenters. The minimum Gasteiger partial charge on any atom is -0.408 e. The molecule has 0 unspecified atom stereocenters. The van der Waals surface area contributed by atoms with Crippen molar-refractivity contribution < 1.29 is 14.5 Å². The van der Waals surface area contributed by atoms with Crippen LogP contribution in [0, 0.1) is 10.1 Å². The molecule has 0 N–H and O–H groups in total. The van der Waals surface area contributed by atoms with Gasteiger partial charge in [0.2, 0.25) is 0 Å². The molecular weight excluding hydrogens is 262 g/mol. The predicted octanol–water partition coefficient (Wildman–Crippen LogP) is 2.34. The molecule has 5 nitrogen and oxygen atoms in total. The molecular formula is C6H4BrNO4S. The number of nitro groups is 1. The van der Waals surface area contributed by atoms with Crippen LogP contribution in [0.5, 0.6) is 5.06 Å². The number of rotatable bonds is 2. The SMILES string of the molecule is CC(=O)Oc1sc(Br)cc1[N+](=O)[O-]. The quantitative estimate of drug-likeness (QED) is 0.468. The van der Waals surface area contributed by atoms with Crippen LogP contribution in [0.2, 0.25) is 0 Å². The van der Waals surface area contributed by atoms with Gasteiger partial charge in [-0.05, 0) is 15.9 Å². The van der Waals surface area contributed by atoms with Gasteiger partial charge in [-0.15, -0.1) is 0 Å². The Balaban J connectivity index is 3.04. The summed E-state index contributed by atoms with van der Waals surface area (Å²) < 4.78 is 5.19. The number of thiophene rings is 1. The maximum atomic E-state index is 10.5. The van der Waals surface area contributed by atoms with E-state index >= 15 is 0 Å². The number of hydrogen-bond donors (Lipinski definition) is 0. The zero-order valence-electron chi connectivity index (χ0n) is 6.44. The first-order valence-corrected chi connectivity index (χ1v) is 4.74. The lowest BCUT2D eigenvalue weighted by atomic mass is 10.5. The first kappa shape index (κ1) is 10.1. The Labute approximate surface area is 85.6 Å². The van der Waals surface area contributed by atoms with Crippen LogP contribution in [0.15, 0.2) is 9.85 Å². The largest absolute Gasteiger partial charge is 0.408 e. The van der Waals surface area contributed by atoms with Crippen molar-refractivity contribution in [3.8, 4) is 5.06 Å². The third-order valence-electron chi connectivity index (χ3n) is 1.08. The van der Waals surface area contributed by atoms with E-state index in [1.807, 2.05) is 0 Å². The maximum Gasteiger partial charge on any atom is 0.324 e. The second-order valence-corrected chi connectivity index (χ2v) is 4.47. The van der Waals surface area contributed by atoms with E-state index < -0.39 is 10.9 Å². The van der Waals surface area contributed by atoms with Gasteiger partial charge in [0.1, 0.15) is 0 Å². The van der Waals surface area contributed by atoms with E-state index in [4.69, 9.17) is 0 Å². The Hall–Kier alpha value is -0.950. The third-order valence-corrected chi connectivity index (χ3v) is 2.59. The molecule has 0 saturated heterocycles. The third kappa shape index (κ3) is 2.49. The summed E-state index contributed by atoms with van der Waals surface area (Å²) >= 11 is 4.07. The lowest BCUT2D eigenvalue weighted by Gasteiger charge is -1.94. The van der Waals surface area contributed by atoms with Crippen LogP contribution in [-0.2, 0) is 4.79 Å². The van der Waals surface area contributed by atoms with Gasteiger partial charge in [0.05, 0.1) is 8.71 Å². The number of carbonyl (C=O) groups is 1. The van der Waals surface area contributed by atoms with Gasteiger partial charge in [-0.25, -0.2) is 0 Å². The molecule has 1 rings (SSSR count). The fraction of sp³-hybridized carbons (Fsp3) is 0.167. The van der Waals surface area contributed by atoms with Crippen LogP contribution < -0.4 is 4.74 Å². The summed E-state index contributed by atoms with van der Waals surface area (Å²) in [4.78, 5) is 20.4. The van der Waals surface area contributed by atoms with Crippen LogP contribution in [-0.4, -0.2) is 10.9 Å². The molecule has 0 fully saturated rings. The number of nitrogens with zero attached hydrogens (tertiary/aromatic N) is 1. The fourth-order valence-electron chi connectivity index (χ4n) is 0.668. The summed E-state index contributed by atoms with van der Waals surface area (Å²) in [5.74, 6) is -0.572. The van der Waals surface area contributed by atoms with E-state index in [1.165, 1.54) is 13.0 Å². The summed E-state index contributed by atoms with van der Waals surface area (Å²) in [6, 6.07) is 1.29. The number of carbonyl (C=O) groups excluding carboxylic acids is 1. The van der Waals surface area contributed by atoms with Crippen LogP contribution in [0.1, 0.15) is 6.92 Å². The monoisotopic (exact) mass is 265 g/mol. The molecule has 7 heteroatoms. The van der Waals surface area contributed by atoms with E-state index in [0.717, 1.165) is 11.3 Å². The first-order valence-electron chi connectivity index (χ1n) is 3.13. The van der Waals surface area contributed by atoms with E-state index in [1.54, 1.807) is 0 Å². The highest BCUT2D eigenvalue weighted by molar-refractivity contribution is 9.11. The van der Waals surface area contributed by atoms with Gasteiger partial charge >= 0.3 is 11.7 Å². The van der Waals surface area contributed by atoms with Crippen molar-refractivity contribution in [1.29, 1.82) is 0 Å². The van der Waals surface area contributed by atoms with Crippen LogP contribution in [0.3, 0.4) is 0 Å². The average Bonchev–Trinajstić information content (AvgIpc) is 2.29. The topological polar surface area (TPSA) is 69.4 Å². The van der Waals surface area contributed by atoms with Crippen molar-refractivity contribution in [3.63, 3.8) is 0 Å². The van der Waals surface area contributed by atoms with Gasteiger partial charge in [-0.3, -0.25) is 14.9 Å². The average molecular weight is 266 g/mol. The predicted molar refractivity (Wildman–Crippen MR) is 50.0 cm³/mol. The van der Waals surface area contributed by atoms with Crippen molar-refractivity contribution in [2.45, 2.75) is 6.92 Å². The molecule has 0 aliphatic heterocycles. The Bertz CT molecular complexity index is 362. The highest BCUT2D eigenvalue weighted by atomic mass is 79.9. The van der Waals surface area contributed by atoms with E-state index in [-0.39, 0.29) is 10.8 Å². The Morgan fingerprint density at radius 2 is 2.38 bits per heavy atom. The zero-order valence-corrected chi connectivity index (χ0v) is 8.85. The molecule has 13 heavy (non-hydrogen) atoms. The molecule has 1 aromatic rings. The number of hydrogen-bond acceptors (Lipinski definition) is 5. The zero-order chi connectivity index (χ0) is 10.0. The standard InChI is InChI=1S/C6H4BrNO4S/c1-3(9)12-6-4(8(10)11)2-5(7)13-6/h2H,1H3. The minimum absolute atomic E-state index is 0.00405. The lowest BCUT2D eigenvalue weighted by molar-refractivity contribution is -0.385. The summed E-state index contributed by atoms with van der Waals surface area (Å²) in [7, 11) is 0. The second-order valence-electron chi connectivity index (χ2n) is 2.07. The summed E-state index contributed by atoms with van der Waals surface area (Å²) in [5, 5.41) is 10.4. The van der Waals surface area contributed by atoms with Crippen molar-refractivity contribution in [2.75, 3.05) is 0 Å². The number of halogens is 1.